The number of carbonyl (C=O) groups is 1. The fourth-order valence-electron chi connectivity index (χ4n) is 5.65. The standard InChI is InChI=1S/C31H29N3O2/c1-21-32-28-20-33(30(35)27-19-26(27)22-11-5-2-6-12-22)18-17-25(28)31(36)34(21)29(23-13-7-3-8-14-23)24-15-9-4-10-16-24/h2-16,26-27,29H,17-20H2,1H3/t26-,27+/m0/s1. The van der Waals surface area contributed by atoms with Crippen molar-refractivity contribution in [3.63, 3.8) is 0 Å². The fourth-order valence-corrected chi connectivity index (χ4v) is 5.65. The minimum atomic E-state index is -0.254. The van der Waals surface area contributed by atoms with Crippen LogP contribution in [0.4, 0.5) is 0 Å². The Kier molecular flexibility index (Phi) is 5.76. The summed E-state index contributed by atoms with van der Waals surface area (Å²) in [6.07, 6.45) is 1.43. The zero-order valence-corrected chi connectivity index (χ0v) is 20.4. The molecule has 0 bridgehead atoms. The molecule has 3 aromatic carbocycles. The molecule has 1 amide bonds. The maximum Gasteiger partial charge on any atom is 0.257 e. The Morgan fingerprint density at radius 1 is 0.889 bits per heavy atom. The number of carbonyl (C=O) groups excluding carboxylic acids is 1. The van der Waals surface area contributed by atoms with Gasteiger partial charge in [-0.1, -0.05) is 91.0 Å². The molecule has 5 heteroatoms. The molecular weight excluding hydrogens is 446 g/mol. The van der Waals surface area contributed by atoms with Gasteiger partial charge in [-0.25, -0.2) is 4.98 Å². The maximum atomic E-state index is 13.9. The normalized spacial score (nSPS) is 18.7. The van der Waals surface area contributed by atoms with Crippen molar-refractivity contribution in [2.24, 2.45) is 5.92 Å². The summed E-state index contributed by atoms with van der Waals surface area (Å²) in [5.74, 6) is 1.19. The van der Waals surface area contributed by atoms with Crippen molar-refractivity contribution in [1.29, 1.82) is 0 Å². The topological polar surface area (TPSA) is 55.2 Å². The number of aromatic nitrogens is 2. The molecule has 1 saturated carbocycles. The van der Waals surface area contributed by atoms with Crippen LogP contribution in [0.1, 0.15) is 52.2 Å². The molecule has 4 aromatic rings. The Balaban J connectivity index is 1.31. The van der Waals surface area contributed by atoms with E-state index in [9.17, 15) is 9.59 Å². The van der Waals surface area contributed by atoms with Crippen LogP contribution in [-0.4, -0.2) is 26.9 Å². The van der Waals surface area contributed by atoms with Gasteiger partial charge in [0, 0.05) is 18.0 Å². The van der Waals surface area contributed by atoms with Gasteiger partial charge < -0.3 is 4.90 Å². The lowest BCUT2D eigenvalue weighted by atomic mass is 9.97. The Morgan fingerprint density at radius 2 is 1.47 bits per heavy atom. The van der Waals surface area contributed by atoms with Gasteiger partial charge >= 0.3 is 0 Å². The summed E-state index contributed by atoms with van der Waals surface area (Å²) in [5, 5.41) is 0. The average molecular weight is 476 g/mol. The highest BCUT2D eigenvalue weighted by atomic mass is 16.2. The van der Waals surface area contributed by atoms with E-state index in [-0.39, 0.29) is 23.4 Å². The van der Waals surface area contributed by atoms with Crippen LogP contribution < -0.4 is 5.56 Å². The first kappa shape index (κ1) is 22.5. The van der Waals surface area contributed by atoms with E-state index in [1.54, 1.807) is 0 Å². The van der Waals surface area contributed by atoms with E-state index in [1.807, 2.05) is 71.0 Å². The van der Waals surface area contributed by atoms with Gasteiger partial charge in [0.15, 0.2) is 0 Å². The van der Waals surface area contributed by atoms with E-state index in [0.717, 1.165) is 28.8 Å². The minimum Gasteiger partial charge on any atom is -0.336 e. The molecule has 0 N–H and O–H groups in total. The van der Waals surface area contributed by atoms with E-state index in [4.69, 9.17) is 4.98 Å². The third-order valence-corrected chi connectivity index (χ3v) is 7.58. The Hall–Kier alpha value is -3.99. The largest absolute Gasteiger partial charge is 0.336 e. The minimum absolute atomic E-state index is 0.00381. The van der Waals surface area contributed by atoms with E-state index >= 15 is 0 Å². The van der Waals surface area contributed by atoms with Crippen LogP contribution in [0.25, 0.3) is 0 Å². The lowest BCUT2D eigenvalue weighted by molar-refractivity contribution is -0.133. The molecule has 1 aliphatic heterocycles. The monoisotopic (exact) mass is 475 g/mol. The molecule has 2 aliphatic rings. The zero-order chi connectivity index (χ0) is 24.6. The zero-order valence-electron chi connectivity index (χ0n) is 20.4. The Labute approximate surface area is 211 Å². The third-order valence-electron chi connectivity index (χ3n) is 7.58. The molecule has 0 saturated heterocycles. The van der Waals surface area contributed by atoms with Crippen molar-refractivity contribution in [2.45, 2.75) is 38.3 Å². The van der Waals surface area contributed by atoms with E-state index in [2.05, 4.69) is 36.4 Å². The van der Waals surface area contributed by atoms with Gasteiger partial charge in [-0.3, -0.25) is 14.2 Å². The van der Waals surface area contributed by atoms with Gasteiger partial charge in [-0.15, -0.1) is 0 Å². The molecule has 2 heterocycles. The molecule has 1 aromatic heterocycles. The second kappa shape index (κ2) is 9.23. The summed E-state index contributed by atoms with van der Waals surface area (Å²) >= 11 is 0. The van der Waals surface area contributed by atoms with E-state index in [0.29, 0.717) is 31.3 Å². The van der Waals surface area contributed by atoms with Crippen LogP contribution in [-0.2, 0) is 17.8 Å². The number of amides is 1. The lowest BCUT2D eigenvalue weighted by Crippen LogP contribution is -2.42. The Morgan fingerprint density at radius 3 is 2.08 bits per heavy atom. The highest BCUT2D eigenvalue weighted by Gasteiger charge is 2.46. The number of nitrogens with zero attached hydrogens (tertiary/aromatic N) is 3. The molecule has 1 aliphatic carbocycles. The first-order valence-electron chi connectivity index (χ1n) is 12.7. The van der Waals surface area contributed by atoms with Crippen LogP contribution >= 0.6 is 0 Å². The first-order valence-corrected chi connectivity index (χ1v) is 12.7. The molecule has 0 radical (unpaired) electrons. The SMILES string of the molecule is Cc1nc2c(c(=O)n1C(c1ccccc1)c1ccccc1)CCN(C(=O)[C@@H]1C[C@H]1c1ccccc1)C2. The molecule has 6 rings (SSSR count). The smallest absolute Gasteiger partial charge is 0.257 e. The predicted octanol–water partition coefficient (Wildman–Crippen LogP) is 4.88. The Bertz CT molecular complexity index is 1410. The van der Waals surface area contributed by atoms with Crippen molar-refractivity contribution in [3.05, 3.63) is 135 Å². The van der Waals surface area contributed by atoms with Crippen molar-refractivity contribution in [3.8, 4) is 0 Å². The second-order valence-electron chi connectivity index (χ2n) is 9.85. The number of rotatable bonds is 5. The van der Waals surface area contributed by atoms with Crippen molar-refractivity contribution in [1.82, 2.24) is 14.5 Å². The quantitative estimate of drug-likeness (QED) is 0.414. The summed E-state index contributed by atoms with van der Waals surface area (Å²) < 4.78 is 1.83. The summed E-state index contributed by atoms with van der Waals surface area (Å²) in [7, 11) is 0. The van der Waals surface area contributed by atoms with Gasteiger partial charge in [0.05, 0.1) is 18.3 Å². The summed E-state index contributed by atoms with van der Waals surface area (Å²) in [5.41, 5.74) is 4.80. The van der Waals surface area contributed by atoms with Gasteiger partial charge in [0.25, 0.3) is 5.56 Å². The van der Waals surface area contributed by atoms with Crippen molar-refractivity contribution in [2.75, 3.05) is 6.54 Å². The fraction of sp³-hybridized carbons (Fsp3) is 0.258. The van der Waals surface area contributed by atoms with Gasteiger partial charge in [0.2, 0.25) is 5.91 Å². The molecule has 0 unspecified atom stereocenters. The second-order valence-corrected chi connectivity index (χ2v) is 9.85. The average Bonchev–Trinajstić information content (AvgIpc) is 3.73. The molecule has 36 heavy (non-hydrogen) atoms. The van der Waals surface area contributed by atoms with Crippen molar-refractivity contribution < 1.29 is 4.79 Å². The molecule has 1 fully saturated rings. The highest BCUT2D eigenvalue weighted by molar-refractivity contribution is 5.83. The predicted molar refractivity (Wildman–Crippen MR) is 140 cm³/mol. The molecule has 0 spiro atoms. The van der Waals surface area contributed by atoms with Crippen LogP contribution in [0.3, 0.4) is 0 Å². The molecule has 5 nitrogen and oxygen atoms in total. The van der Waals surface area contributed by atoms with Crippen LogP contribution in [0.5, 0.6) is 0 Å². The van der Waals surface area contributed by atoms with Gasteiger partial charge in [0.1, 0.15) is 5.82 Å². The van der Waals surface area contributed by atoms with Crippen LogP contribution in [0, 0.1) is 12.8 Å². The lowest BCUT2D eigenvalue weighted by Gasteiger charge is -2.30. The molecule has 180 valence electrons. The maximum absolute atomic E-state index is 13.9. The van der Waals surface area contributed by atoms with Crippen LogP contribution in [0.15, 0.2) is 95.8 Å². The highest BCUT2D eigenvalue weighted by Crippen LogP contribution is 2.48. The van der Waals surface area contributed by atoms with Gasteiger partial charge in [-0.05, 0) is 42.4 Å². The number of hydrogen-bond acceptors (Lipinski definition) is 3. The summed E-state index contributed by atoms with van der Waals surface area (Å²) in [4.78, 5) is 34.0. The summed E-state index contributed by atoms with van der Waals surface area (Å²) in [6.45, 7) is 2.86. The van der Waals surface area contributed by atoms with E-state index in [1.165, 1.54) is 5.56 Å². The number of aryl methyl sites for hydroxylation is 1. The molecule has 2 atom stereocenters. The molecular formula is C31H29N3O2. The number of hydrogen-bond donors (Lipinski definition) is 0. The summed E-state index contributed by atoms with van der Waals surface area (Å²) in [6, 6.07) is 30.2. The van der Waals surface area contributed by atoms with E-state index < -0.39 is 0 Å². The first-order chi connectivity index (χ1) is 17.6. The van der Waals surface area contributed by atoms with Crippen molar-refractivity contribution >= 4 is 5.91 Å². The third kappa shape index (κ3) is 4.05. The van der Waals surface area contributed by atoms with Crippen LogP contribution in [0.2, 0.25) is 0 Å². The number of fused-ring (bicyclic) bond motifs is 1. The number of benzene rings is 3. The van der Waals surface area contributed by atoms with Gasteiger partial charge in [-0.2, -0.15) is 0 Å².